The quantitative estimate of drug-likeness (QED) is 0.799. The van der Waals surface area contributed by atoms with Gasteiger partial charge in [0.25, 0.3) is 0 Å². The van der Waals surface area contributed by atoms with E-state index in [2.05, 4.69) is 5.16 Å². The lowest BCUT2D eigenvalue weighted by Crippen LogP contribution is -2.22. The maximum absolute atomic E-state index is 11.9. The molecule has 0 amide bonds. The minimum Gasteiger partial charge on any atom is -0.359 e. The molecular formula is C12H17N3O2. The second-order valence-corrected chi connectivity index (χ2v) is 5.04. The topological polar surface area (TPSA) is 53.0 Å². The summed E-state index contributed by atoms with van der Waals surface area (Å²) < 4.78 is 8.37. The van der Waals surface area contributed by atoms with Crippen LogP contribution in [0.2, 0.25) is 0 Å². The fourth-order valence-corrected chi connectivity index (χ4v) is 1.56. The van der Waals surface area contributed by atoms with Crippen LogP contribution < -0.4 is 5.69 Å². The van der Waals surface area contributed by atoms with Gasteiger partial charge in [-0.2, -0.15) is 0 Å². The van der Waals surface area contributed by atoms with Gasteiger partial charge in [-0.1, -0.05) is 25.9 Å². The number of hydrogen-bond acceptors (Lipinski definition) is 3. The number of hydrogen-bond donors (Lipinski definition) is 0. The lowest BCUT2D eigenvalue weighted by molar-refractivity contribution is 0.328. The highest BCUT2D eigenvalue weighted by Crippen LogP contribution is 2.23. The predicted molar refractivity (Wildman–Crippen MR) is 64.5 cm³/mol. The van der Waals surface area contributed by atoms with Crippen LogP contribution in [0.4, 0.5) is 0 Å². The first kappa shape index (κ1) is 11.7. The van der Waals surface area contributed by atoms with Crippen molar-refractivity contribution in [3.8, 4) is 5.82 Å². The summed E-state index contributed by atoms with van der Waals surface area (Å²) in [5.41, 5.74) is -0.205. The molecule has 0 unspecified atom stereocenters. The molecule has 17 heavy (non-hydrogen) atoms. The molecule has 2 aromatic rings. The molecule has 0 fully saturated rings. The van der Waals surface area contributed by atoms with Crippen molar-refractivity contribution in [1.82, 2.24) is 14.3 Å². The minimum atomic E-state index is -0.109. The summed E-state index contributed by atoms with van der Waals surface area (Å²) in [6, 6.07) is 1.81. The molecule has 2 aromatic heterocycles. The number of aromatic nitrogens is 3. The molecule has 0 saturated carbocycles. The average Bonchev–Trinajstić information content (AvgIpc) is 2.82. The van der Waals surface area contributed by atoms with E-state index in [-0.39, 0.29) is 11.1 Å². The Morgan fingerprint density at radius 1 is 1.35 bits per heavy atom. The van der Waals surface area contributed by atoms with Crippen LogP contribution in [0.5, 0.6) is 0 Å². The Balaban J connectivity index is 2.44. The molecule has 0 aromatic carbocycles. The second-order valence-electron chi connectivity index (χ2n) is 5.04. The third-order valence-electron chi connectivity index (χ3n) is 2.67. The van der Waals surface area contributed by atoms with E-state index in [4.69, 9.17) is 4.52 Å². The van der Waals surface area contributed by atoms with Crippen molar-refractivity contribution in [3.05, 3.63) is 34.7 Å². The van der Waals surface area contributed by atoms with Gasteiger partial charge in [-0.3, -0.25) is 4.57 Å². The molecule has 0 radical (unpaired) electrons. The Hall–Kier alpha value is -1.78. The number of aryl methyl sites for hydroxylation is 1. The van der Waals surface area contributed by atoms with E-state index in [1.807, 2.05) is 27.7 Å². The van der Waals surface area contributed by atoms with Crippen LogP contribution in [0.25, 0.3) is 5.82 Å². The Bertz CT molecular complexity index is 569. The summed E-state index contributed by atoms with van der Waals surface area (Å²) in [5.74, 6) is 1.30. The van der Waals surface area contributed by atoms with Gasteiger partial charge in [-0.05, 0) is 6.92 Å². The highest BCUT2D eigenvalue weighted by Gasteiger charge is 2.20. The lowest BCUT2D eigenvalue weighted by atomic mass is 9.93. The van der Waals surface area contributed by atoms with Gasteiger partial charge >= 0.3 is 5.69 Å². The van der Waals surface area contributed by atoms with Gasteiger partial charge in [-0.15, -0.1) is 0 Å². The Morgan fingerprint density at radius 2 is 2.06 bits per heavy atom. The van der Waals surface area contributed by atoms with Gasteiger partial charge in [0, 0.05) is 30.4 Å². The minimum absolute atomic E-state index is 0.0961. The van der Waals surface area contributed by atoms with E-state index in [0.717, 1.165) is 5.76 Å². The van der Waals surface area contributed by atoms with E-state index in [1.165, 1.54) is 4.57 Å². The Morgan fingerprint density at radius 3 is 2.53 bits per heavy atom. The predicted octanol–water partition coefficient (Wildman–Crippen LogP) is 1.94. The van der Waals surface area contributed by atoms with Gasteiger partial charge in [0.05, 0.1) is 0 Å². The Kier molecular flexibility index (Phi) is 2.69. The van der Waals surface area contributed by atoms with E-state index in [9.17, 15) is 4.79 Å². The van der Waals surface area contributed by atoms with Crippen LogP contribution in [0.1, 0.15) is 33.5 Å². The van der Waals surface area contributed by atoms with Gasteiger partial charge in [0.1, 0.15) is 5.76 Å². The molecule has 0 bridgehead atoms. The van der Waals surface area contributed by atoms with Crippen molar-refractivity contribution in [2.75, 3.05) is 0 Å². The highest BCUT2D eigenvalue weighted by molar-refractivity contribution is 5.25. The van der Waals surface area contributed by atoms with E-state index in [0.29, 0.717) is 12.4 Å². The molecule has 0 aliphatic heterocycles. The molecule has 2 heterocycles. The summed E-state index contributed by atoms with van der Waals surface area (Å²) in [6.45, 7) is 8.69. The van der Waals surface area contributed by atoms with Crippen LogP contribution in [0.15, 0.2) is 27.8 Å². The molecule has 2 rings (SSSR count). The van der Waals surface area contributed by atoms with Crippen molar-refractivity contribution >= 4 is 0 Å². The molecule has 5 heteroatoms. The number of rotatable bonds is 2. The zero-order valence-corrected chi connectivity index (χ0v) is 10.6. The Labute approximate surface area is 99.7 Å². The number of nitrogens with zero attached hydrogens (tertiary/aromatic N) is 3. The standard InChI is InChI=1S/C12H17N3O2/c1-5-14-6-7-15(11(14)16)10-8-9(17-13-10)12(2,3)4/h6-8H,5H2,1-4H3. The first-order chi connectivity index (χ1) is 7.93. The van der Waals surface area contributed by atoms with Crippen LogP contribution in [-0.4, -0.2) is 14.3 Å². The third-order valence-corrected chi connectivity index (χ3v) is 2.67. The van der Waals surface area contributed by atoms with Gasteiger partial charge in [0.15, 0.2) is 5.82 Å². The zero-order valence-electron chi connectivity index (χ0n) is 10.6. The average molecular weight is 235 g/mol. The molecule has 0 atom stereocenters. The molecule has 0 aliphatic carbocycles. The summed E-state index contributed by atoms with van der Waals surface area (Å²) in [7, 11) is 0. The second kappa shape index (κ2) is 3.91. The number of imidazole rings is 1. The molecule has 5 nitrogen and oxygen atoms in total. The van der Waals surface area contributed by atoms with Crippen LogP contribution in [-0.2, 0) is 12.0 Å². The molecular weight excluding hydrogens is 218 g/mol. The molecule has 0 N–H and O–H groups in total. The first-order valence-electron chi connectivity index (χ1n) is 5.69. The SMILES string of the molecule is CCn1ccn(-c2cc(C(C)(C)C)on2)c1=O. The van der Waals surface area contributed by atoms with Gasteiger partial charge in [0.2, 0.25) is 0 Å². The highest BCUT2D eigenvalue weighted by atomic mass is 16.5. The molecule has 92 valence electrons. The smallest absolute Gasteiger partial charge is 0.333 e. The van der Waals surface area contributed by atoms with E-state index in [1.54, 1.807) is 23.0 Å². The van der Waals surface area contributed by atoms with Crippen LogP contribution in [0.3, 0.4) is 0 Å². The van der Waals surface area contributed by atoms with Crippen molar-refractivity contribution in [1.29, 1.82) is 0 Å². The van der Waals surface area contributed by atoms with Crippen molar-refractivity contribution < 1.29 is 4.52 Å². The fraction of sp³-hybridized carbons (Fsp3) is 0.500. The van der Waals surface area contributed by atoms with E-state index >= 15 is 0 Å². The molecule has 0 saturated heterocycles. The van der Waals surface area contributed by atoms with Crippen molar-refractivity contribution in [2.24, 2.45) is 0 Å². The maximum Gasteiger partial charge on any atom is 0.333 e. The monoisotopic (exact) mass is 235 g/mol. The summed E-state index contributed by atoms with van der Waals surface area (Å²) in [5, 5.41) is 3.94. The van der Waals surface area contributed by atoms with Crippen LogP contribution >= 0.6 is 0 Å². The lowest BCUT2D eigenvalue weighted by Gasteiger charge is -2.11. The summed E-state index contributed by atoms with van der Waals surface area (Å²) in [4.78, 5) is 11.9. The van der Waals surface area contributed by atoms with Gasteiger partial charge in [-0.25, -0.2) is 9.36 Å². The summed E-state index contributed by atoms with van der Waals surface area (Å²) in [6.07, 6.45) is 3.45. The largest absolute Gasteiger partial charge is 0.359 e. The van der Waals surface area contributed by atoms with Crippen LogP contribution in [0, 0.1) is 0 Å². The third kappa shape index (κ3) is 2.05. The van der Waals surface area contributed by atoms with Crippen molar-refractivity contribution in [3.63, 3.8) is 0 Å². The van der Waals surface area contributed by atoms with Crippen molar-refractivity contribution in [2.45, 2.75) is 39.7 Å². The zero-order chi connectivity index (χ0) is 12.6. The summed E-state index contributed by atoms with van der Waals surface area (Å²) >= 11 is 0. The van der Waals surface area contributed by atoms with Gasteiger partial charge < -0.3 is 4.52 Å². The first-order valence-corrected chi connectivity index (χ1v) is 5.69. The molecule has 0 aliphatic rings. The molecule has 0 spiro atoms. The maximum atomic E-state index is 11.9. The fourth-order valence-electron chi connectivity index (χ4n) is 1.56. The van der Waals surface area contributed by atoms with E-state index < -0.39 is 0 Å². The normalized spacial score (nSPS) is 12.0.